The summed E-state index contributed by atoms with van der Waals surface area (Å²) in [6, 6.07) is 4.29. The van der Waals surface area contributed by atoms with E-state index in [-0.39, 0.29) is 41.9 Å². The molecule has 2 N–H and O–H groups in total. The van der Waals surface area contributed by atoms with E-state index in [4.69, 9.17) is 4.74 Å². The Morgan fingerprint density at radius 3 is 2.68 bits per heavy atom. The molecule has 3 aliphatic carbocycles. The zero-order chi connectivity index (χ0) is 17.8. The zero-order valence-electron chi connectivity index (χ0n) is 13.5. The van der Waals surface area contributed by atoms with E-state index in [0.29, 0.717) is 0 Å². The summed E-state index contributed by atoms with van der Waals surface area (Å²) in [6.45, 7) is 1.76. The lowest BCUT2D eigenvalue weighted by molar-refractivity contribution is -0.136. The van der Waals surface area contributed by atoms with Crippen LogP contribution in [0.1, 0.15) is 46.9 Å². The van der Waals surface area contributed by atoms with Crippen LogP contribution in [0.2, 0.25) is 0 Å². The van der Waals surface area contributed by atoms with Crippen molar-refractivity contribution >= 4 is 17.3 Å². The van der Waals surface area contributed by atoms with Gasteiger partial charge in [0.25, 0.3) is 0 Å². The molecule has 0 aromatic heterocycles. The maximum Gasteiger partial charge on any atom is 0.202 e. The number of ketones is 3. The predicted octanol–water partition coefficient (Wildman–Crippen LogP) is 1.34. The Morgan fingerprint density at radius 1 is 1.16 bits per heavy atom. The van der Waals surface area contributed by atoms with Gasteiger partial charge in [-0.3, -0.25) is 14.4 Å². The highest BCUT2D eigenvalue weighted by Crippen LogP contribution is 2.69. The normalized spacial score (nSPS) is 41.3. The van der Waals surface area contributed by atoms with E-state index in [0.717, 1.165) is 5.57 Å². The lowest BCUT2D eigenvalue weighted by atomic mass is 9.54. The Bertz CT molecular complexity index is 930. The number of carbonyl (C=O) groups is 3. The number of benzene rings is 1. The molecule has 6 nitrogen and oxygen atoms in total. The molecular formula is C19H16O6. The molecule has 0 bridgehead atoms. The molecule has 128 valence electrons. The van der Waals surface area contributed by atoms with Crippen LogP contribution in [0, 0.1) is 5.92 Å². The number of allylic oxidation sites excluding steroid dienone is 1. The number of phenols is 1. The second kappa shape index (κ2) is 4.08. The topological polar surface area (TPSA) is 104 Å². The lowest BCUT2D eigenvalue weighted by Gasteiger charge is -2.46. The van der Waals surface area contributed by atoms with Crippen LogP contribution in [0.4, 0.5) is 0 Å². The molecule has 2 fully saturated rings. The van der Waals surface area contributed by atoms with Crippen molar-refractivity contribution in [3.8, 4) is 5.75 Å². The Balaban J connectivity index is 1.77. The maximum atomic E-state index is 13.3. The van der Waals surface area contributed by atoms with Crippen molar-refractivity contribution < 1.29 is 29.3 Å². The predicted molar refractivity (Wildman–Crippen MR) is 84.4 cm³/mol. The molecule has 1 aliphatic heterocycles. The average Bonchev–Trinajstić information content (AvgIpc) is 3.23. The first kappa shape index (κ1) is 15.0. The van der Waals surface area contributed by atoms with E-state index >= 15 is 0 Å². The van der Waals surface area contributed by atoms with Crippen LogP contribution < -0.4 is 0 Å². The van der Waals surface area contributed by atoms with E-state index in [1.54, 1.807) is 6.92 Å². The maximum absolute atomic E-state index is 13.3. The third-order valence-electron chi connectivity index (χ3n) is 6.22. The molecule has 6 heteroatoms. The molecule has 4 atom stereocenters. The van der Waals surface area contributed by atoms with Crippen LogP contribution in [-0.2, 0) is 9.53 Å². The van der Waals surface area contributed by atoms with Crippen LogP contribution >= 0.6 is 0 Å². The van der Waals surface area contributed by atoms with E-state index in [2.05, 4.69) is 0 Å². The van der Waals surface area contributed by atoms with Gasteiger partial charge in [-0.1, -0.05) is 17.7 Å². The minimum Gasteiger partial charge on any atom is -0.507 e. The van der Waals surface area contributed by atoms with E-state index in [1.807, 2.05) is 0 Å². The summed E-state index contributed by atoms with van der Waals surface area (Å²) in [6.07, 6.45) is 2.05. The van der Waals surface area contributed by atoms with E-state index < -0.39 is 34.3 Å². The van der Waals surface area contributed by atoms with Crippen molar-refractivity contribution in [3.63, 3.8) is 0 Å². The van der Waals surface area contributed by atoms with Crippen LogP contribution in [0.15, 0.2) is 29.8 Å². The molecule has 1 aromatic carbocycles. The van der Waals surface area contributed by atoms with E-state index in [9.17, 15) is 24.6 Å². The van der Waals surface area contributed by atoms with Gasteiger partial charge in [0.2, 0.25) is 5.78 Å². The Kier molecular flexibility index (Phi) is 2.45. The lowest BCUT2D eigenvalue weighted by Crippen LogP contribution is -2.63. The van der Waals surface area contributed by atoms with Crippen molar-refractivity contribution in [2.75, 3.05) is 0 Å². The van der Waals surface area contributed by atoms with Crippen LogP contribution in [0.3, 0.4) is 0 Å². The monoisotopic (exact) mass is 340 g/mol. The van der Waals surface area contributed by atoms with Gasteiger partial charge in [0, 0.05) is 5.56 Å². The van der Waals surface area contributed by atoms with Crippen molar-refractivity contribution in [3.05, 3.63) is 41.0 Å². The van der Waals surface area contributed by atoms with Crippen LogP contribution in [0.5, 0.6) is 5.75 Å². The fourth-order valence-corrected chi connectivity index (χ4v) is 5.27. The van der Waals surface area contributed by atoms with Gasteiger partial charge in [-0.15, -0.1) is 0 Å². The minimum atomic E-state index is -1.65. The molecule has 0 amide bonds. The fraction of sp³-hybridized carbons (Fsp3) is 0.421. The van der Waals surface area contributed by atoms with Crippen LogP contribution in [-0.4, -0.2) is 44.4 Å². The average molecular weight is 340 g/mol. The number of epoxide rings is 1. The zero-order valence-corrected chi connectivity index (χ0v) is 13.5. The standard InChI is InChI=1S/C19H16O6/c1-9-7-12(21)14-17(24,8-9)5-6-18-16(23)13-10(3-2-4-11(13)20)15(22)19(14,18)25-18/h2-4,7,14,20,24H,5-6,8H2,1H3. The number of hydrogen-bond donors (Lipinski definition) is 2. The Morgan fingerprint density at radius 2 is 1.92 bits per heavy atom. The molecule has 0 spiro atoms. The number of aliphatic hydroxyl groups is 1. The molecule has 25 heavy (non-hydrogen) atoms. The number of Topliss-reactive ketones (excluding diaryl/α,β-unsaturated/α-hetero) is 2. The van der Waals surface area contributed by atoms with Gasteiger partial charge in [-0.2, -0.15) is 0 Å². The first-order valence-corrected chi connectivity index (χ1v) is 8.32. The molecule has 0 radical (unpaired) electrons. The quantitative estimate of drug-likeness (QED) is 0.691. The molecule has 1 heterocycles. The van der Waals surface area contributed by atoms with Gasteiger partial charge in [-0.25, -0.2) is 0 Å². The van der Waals surface area contributed by atoms with Gasteiger partial charge >= 0.3 is 0 Å². The number of fused-ring (bicyclic) bond motifs is 2. The van der Waals surface area contributed by atoms with Gasteiger partial charge in [-0.05, 0) is 38.3 Å². The molecule has 1 aromatic rings. The number of aromatic hydroxyl groups is 1. The summed E-state index contributed by atoms with van der Waals surface area (Å²) >= 11 is 0. The first-order valence-electron chi connectivity index (χ1n) is 8.32. The highest BCUT2D eigenvalue weighted by molar-refractivity contribution is 6.28. The third kappa shape index (κ3) is 1.43. The fourth-order valence-electron chi connectivity index (χ4n) is 5.27. The summed E-state index contributed by atoms with van der Waals surface area (Å²) in [5, 5.41) is 21.2. The number of carbonyl (C=O) groups excluding carboxylic acids is 3. The smallest absolute Gasteiger partial charge is 0.202 e. The molecule has 1 saturated carbocycles. The number of phenolic OH excluding ortho intramolecular Hbond substituents is 1. The number of hydrogen-bond acceptors (Lipinski definition) is 6. The largest absolute Gasteiger partial charge is 0.507 e. The van der Waals surface area contributed by atoms with Crippen molar-refractivity contribution in [1.29, 1.82) is 0 Å². The summed E-state index contributed by atoms with van der Waals surface area (Å²) < 4.78 is 5.80. The van der Waals surface area contributed by atoms with E-state index in [1.165, 1.54) is 24.3 Å². The third-order valence-corrected chi connectivity index (χ3v) is 6.22. The molecule has 4 unspecified atom stereocenters. The highest BCUT2D eigenvalue weighted by atomic mass is 16.6. The highest BCUT2D eigenvalue weighted by Gasteiger charge is 2.88. The molecule has 1 saturated heterocycles. The minimum absolute atomic E-state index is 0.0407. The van der Waals surface area contributed by atoms with Gasteiger partial charge in [0.1, 0.15) is 5.75 Å². The first-order chi connectivity index (χ1) is 11.8. The number of rotatable bonds is 0. The summed E-state index contributed by atoms with van der Waals surface area (Å²) in [4.78, 5) is 39.1. The second-order valence-corrected chi connectivity index (χ2v) is 7.63. The van der Waals surface area contributed by atoms with Gasteiger partial charge in [0.05, 0.1) is 17.1 Å². The van der Waals surface area contributed by atoms with Crippen LogP contribution in [0.25, 0.3) is 0 Å². The molecule has 5 rings (SSSR count). The summed E-state index contributed by atoms with van der Waals surface area (Å²) in [5.41, 5.74) is -3.71. The van der Waals surface area contributed by atoms with Crippen molar-refractivity contribution in [2.24, 2.45) is 5.92 Å². The van der Waals surface area contributed by atoms with Gasteiger partial charge in [0.15, 0.2) is 22.8 Å². The van der Waals surface area contributed by atoms with Crippen molar-refractivity contribution in [2.45, 2.75) is 43.0 Å². The summed E-state index contributed by atoms with van der Waals surface area (Å²) in [5.74, 6) is -2.70. The Hall–Kier alpha value is -2.31. The van der Waals surface area contributed by atoms with Gasteiger partial charge < -0.3 is 14.9 Å². The molecular weight excluding hydrogens is 324 g/mol. The second-order valence-electron chi connectivity index (χ2n) is 7.63. The summed E-state index contributed by atoms with van der Waals surface area (Å²) in [7, 11) is 0. The van der Waals surface area contributed by atoms with Crippen molar-refractivity contribution in [1.82, 2.24) is 0 Å². The molecule has 4 aliphatic rings. The Labute approximate surface area is 143 Å². The number of ether oxygens (including phenoxy) is 1. The SMILES string of the molecule is CC1=CC(=O)C2C(O)(CCC34OC23C(=O)c2cccc(O)c2C4=O)C1.